The van der Waals surface area contributed by atoms with Crippen molar-refractivity contribution in [2.24, 2.45) is 23.5 Å². The molecule has 2 saturated carbocycles. The van der Waals surface area contributed by atoms with Gasteiger partial charge in [0.25, 0.3) is 0 Å². The van der Waals surface area contributed by atoms with Crippen LogP contribution in [0.2, 0.25) is 0 Å². The van der Waals surface area contributed by atoms with Gasteiger partial charge in [-0.25, -0.2) is 0 Å². The summed E-state index contributed by atoms with van der Waals surface area (Å²) in [4.78, 5) is 12.2. The van der Waals surface area contributed by atoms with E-state index in [0.29, 0.717) is 12.1 Å². The summed E-state index contributed by atoms with van der Waals surface area (Å²) in [6.07, 6.45) is 7.54. The highest BCUT2D eigenvalue weighted by Gasteiger charge is 2.29. The zero-order valence-electron chi connectivity index (χ0n) is 11.8. The van der Waals surface area contributed by atoms with E-state index in [0.717, 1.165) is 50.4 Å². The molecule has 2 fully saturated rings. The van der Waals surface area contributed by atoms with Gasteiger partial charge in [-0.3, -0.25) is 4.79 Å². The summed E-state index contributed by atoms with van der Waals surface area (Å²) in [6, 6.07) is 0.740. The highest BCUT2D eigenvalue weighted by Crippen LogP contribution is 2.30. The molecule has 1 amide bonds. The van der Waals surface area contributed by atoms with Gasteiger partial charge in [-0.2, -0.15) is 0 Å². The quantitative estimate of drug-likeness (QED) is 0.793. The van der Waals surface area contributed by atoms with Gasteiger partial charge >= 0.3 is 0 Å². The summed E-state index contributed by atoms with van der Waals surface area (Å²) in [6.45, 7) is 4.63. The van der Waals surface area contributed by atoms with E-state index in [9.17, 15) is 4.79 Å². The van der Waals surface area contributed by atoms with E-state index in [1.807, 2.05) is 0 Å². The van der Waals surface area contributed by atoms with Gasteiger partial charge in [-0.05, 0) is 56.8 Å². The lowest BCUT2D eigenvalue weighted by molar-refractivity contribution is -0.127. The Bertz CT molecular complexity index is 284. The molecule has 0 aromatic heterocycles. The second-order valence-corrected chi connectivity index (χ2v) is 6.58. The highest BCUT2D eigenvalue weighted by atomic mass is 16.1. The lowest BCUT2D eigenvalue weighted by Gasteiger charge is -2.34. The number of carbonyl (C=O) groups excluding carboxylic acids is 1. The number of nitrogens with one attached hydrogen (secondary N) is 1. The van der Waals surface area contributed by atoms with Crippen molar-refractivity contribution in [2.75, 3.05) is 0 Å². The van der Waals surface area contributed by atoms with Crippen molar-refractivity contribution in [2.45, 2.75) is 70.9 Å². The molecule has 0 spiro atoms. The van der Waals surface area contributed by atoms with E-state index in [1.54, 1.807) is 0 Å². The van der Waals surface area contributed by atoms with Gasteiger partial charge in [0.05, 0.1) is 0 Å². The molecule has 0 aliphatic heterocycles. The van der Waals surface area contributed by atoms with Crippen LogP contribution in [0.3, 0.4) is 0 Å². The topological polar surface area (TPSA) is 55.1 Å². The fourth-order valence-corrected chi connectivity index (χ4v) is 3.38. The molecule has 2 aliphatic carbocycles. The molecule has 104 valence electrons. The molecule has 0 aromatic carbocycles. The molecule has 3 unspecified atom stereocenters. The predicted octanol–water partition coefficient (Wildman–Crippen LogP) is 2.44. The van der Waals surface area contributed by atoms with Crippen molar-refractivity contribution in [3.63, 3.8) is 0 Å². The maximum atomic E-state index is 12.2. The summed E-state index contributed by atoms with van der Waals surface area (Å²) in [5.41, 5.74) is 5.88. The summed E-state index contributed by atoms with van der Waals surface area (Å²) in [7, 11) is 0. The summed E-state index contributed by atoms with van der Waals surface area (Å²) in [5, 5.41) is 3.27. The van der Waals surface area contributed by atoms with Crippen molar-refractivity contribution in [1.82, 2.24) is 5.32 Å². The molecule has 0 bridgehead atoms. The number of carbonyl (C=O) groups is 1. The molecule has 0 aromatic rings. The number of rotatable bonds is 2. The molecule has 0 saturated heterocycles. The molecule has 3 atom stereocenters. The normalized spacial score (nSPS) is 41.4. The fraction of sp³-hybridized carbons (Fsp3) is 0.933. The monoisotopic (exact) mass is 252 g/mol. The lowest BCUT2D eigenvalue weighted by atomic mass is 9.78. The minimum Gasteiger partial charge on any atom is -0.353 e. The van der Waals surface area contributed by atoms with Crippen LogP contribution in [0.25, 0.3) is 0 Å². The van der Waals surface area contributed by atoms with E-state index in [4.69, 9.17) is 5.73 Å². The van der Waals surface area contributed by atoms with Gasteiger partial charge < -0.3 is 11.1 Å². The predicted molar refractivity (Wildman–Crippen MR) is 74.0 cm³/mol. The van der Waals surface area contributed by atoms with Crippen LogP contribution in [-0.4, -0.2) is 18.0 Å². The van der Waals surface area contributed by atoms with Crippen LogP contribution in [0.4, 0.5) is 0 Å². The van der Waals surface area contributed by atoms with Crippen LogP contribution in [0.1, 0.15) is 58.8 Å². The van der Waals surface area contributed by atoms with Crippen LogP contribution in [-0.2, 0) is 4.79 Å². The summed E-state index contributed by atoms with van der Waals surface area (Å²) < 4.78 is 0. The first-order valence-electron chi connectivity index (χ1n) is 7.62. The first-order valence-corrected chi connectivity index (χ1v) is 7.62. The van der Waals surface area contributed by atoms with Crippen LogP contribution in [0.5, 0.6) is 0 Å². The van der Waals surface area contributed by atoms with Gasteiger partial charge in [-0.15, -0.1) is 0 Å². The maximum absolute atomic E-state index is 12.2. The maximum Gasteiger partial charge on any atom is 0.223 e. The van der Waals surface area contributed by atoms with Crippen LogP contribution in [0, 0.1) is 17.8 Å². The molecule has 2 aliphatic rings. The van der Waals surface area contributed by atoms with Crippen molar-refractivity contribution in [3.05, 3.63) is 0 Å². The summed E-state index contributed by atoms with van der Waals surface area (Å²) in [5.74, 6) is 2.06. The minimum absolute atomic E-state index is 0.222. The molecule has 2 rings (SSSR count). The van der Waals surface area contributed by atoms with E-state index in [1.165, 1.54) is 6.42 Å². The number of amides is 1. The zero-order chi connectivity index (χ0) is 13.1. The first-order chi connectivity index (χ1) is 8.56. The van der Waals surface area contributed by atoms with Gasteiger partial charge in [0.2, 0.25) is 5.91 Å². The van der Waals surface area contributed by atoms with E-state index < -0.39 is 0 Å². The lowest BCUT2D eigenvalue weighted by Crippen LogP contribution is -2.44. The van der Waals surface area contributed by atoms with Gasteiger partial charge in [0.15, 0.2) is 0 Å². The van der Waals surface area contributed by atoms with E-state index in [2.05, 4.69) is 19.2 Å². The Kier molecular flexibility index (Phi) is 4.66. The van der Waals surface area contributed by atoms with E-state index >= 15 is 0 Å². The second-order valence-electron chi connectivity index (χ2n) is 6.58. The molecule has 0 heterocycles. The standard InChI is InChI=1S/C15H28N2O/c1-10-3-8-14(9-11(10)2)17-15(18)12-4-6-13(16)7-5-12/h10-14H,3-9,16H2,1-2H3,(H,17,18). The highest BCUT2D eigenvalue weighted by molar-refractivity contribution is 5.79. The van der Waals surface area contributed by atoms with Gasteiger partial charge in [0, 0.05) is 18.0 Å². The number of hydrogen-bond acceptors (Lipinski definition) is 2. The third kappa shape index (κ3) is 3.47. The molecule has 0 radical (unpaired) electrons. The van der Waals surface area contributed by atoms with Crippen LogP contribution >= 0.6 is 0 Å². The van der Waals surface area contributed by atoms with E-state index in [-0.39, 0.29) is 11.8 Å². The van der Waals surface area contributed by atoms with Crippen LogP contribution in [0.15, 0.2) is 0 Å². The van der Waals surface area contributed by atoms with Crippen LogP contribution < -0.4 is 11.1 Å². The Balaban J connectivity index is 1.77. The molecule has 18 heavy (non-hydrogen) atoms. The third-order valence-electron chi connectivity index (χ3n) is 5.09. The Labute approximate surface area is 111 Å². The zero-order valence-corrected chi connectivity index (χ0v) is 11.8. The van der Waals surface area contributed by atoms with Gasteiger partial charge in [0.1, 0.15) is 0 Å². The minimum atomic E-state index is 0.222. The average Bonchev–Trinajstić information content (AvgIpc) is 2.34. The van der Waals surface area contributed by atoms with Crippen molar-refractivity contribution >= 4 is 5.91 Å². The van der Waals surface area contributed by atoms with Gasteiger partial charge in [-0.1, -0.05) is 13.8 Å². The Morgan fingerprint density at radius 2 is 1.67 bits per heavy atom. The molecular formula is C15H28N2O. The van der Waals surface area contributed by atoms with Crippen molar-refractivity contribution < 1.29 is 4.79 Å². The summed E-state index contributed by atoms with van der Waals surface area (Å²) >= 11 is 0. The van der Waals surface area contributed by atoms with Crippen molar-refractivity contribution in [1.29, 1.82) is 0 Å². The Morgan fingerprint density at radius 3 is 2.28 bits per heavy atom. The Hall–Kier alpha value is -0.570. The molecule has 3 N–H and O–H groups in total. The molecule has 3 nitrogen and oxygen atoms in total. The third-order valence-corrected chi connectivity index (χ3v) is 5.09. The van der Waals surface area contributed by atoms with Crippen molar-refractivity contribution in [3.8, 4) is 0 Å². The largest absolute Gasteiger partial charge is 0.353 e. The molecular weight excluding hydrogens is 224 g/mol. The fourth-order valence-electron chi connectivity index (χ4n) is 3.38. The number of hydrogen-bond donors (Lipinski definition) is 2. The smallest absolute Gasteiger partial charge is 0.223 e. The first kappa shape index (κ1) is 13.9. The Morgan fingerprint density at radius 1 is 1.00 bits per heavy atom. The second kappa shape index (κ2) is 6.05. The number of nitrogens with two attached hydrogens (primary N) is 1. The average molecular weight is 252 g/mol. The molecule has 3 heteroatoms. The SMILES string of the molecule is CC1CCC(NC(=O)C2CCC(N)CC2)CC1C.